The van der Waals surface area contributed by atoms with Crippen molar-refractivity contribution >= 4 is 11.8 Å². The van der Waals surface area contributed by atoms with Crippen molar-refractivity contribution in [3.8, 4) is 5.95 Å². The van der Waals surface area contributed by atoms with Gasteiger partial charge in [0.25, 0.3) is 11.6 Å². The summed E-state index contributed by atoms with van der Waals surface area (Å²) in [6.07, 6.45) is 4.25. The second-order valence-electron chi connectivity index (χ2n) is 7.08. The molecule has 1 aromatic heterocycles. The second-order valence-corrected chi connectivity index (χ2v) is 7.08. The maximum absolute atomic E-state index is 12.4. The number of benzene rings is 1. The number of non-ortho nitro benzene ring substituents is 1. The van der Waals surface area contributed by atoms with Gasteiger partial charge in [-0.2, -0.15) is 0 Å². The molecule has 0 bridgehead atoms. The number of nitro benzene ring substituents is 1. The van der Waals surface area contributed by atoms with Crippen LogP contribution in [0, 0.1) is 24.0 Å². The lowest BCUT2D eigenvalue weighted by Crippen LogP contribution is -2.15. The molecule has 0 spiro atoms. The number of methoxy groups -OCH3 is 1. The number of hydrogen-bond donors (Lipinski definition) is 0. The quantitative estimate of drug-likeness (QED) is 0.538. The lowest BCUT2D eigenvalue weighted by Gasteiger charge is -2.13. The fraction of sp³-hybridized carbons (Fsp3) is 0.318. The van der Waals surface area contributed by atoms with Crippen LogP contribution in [0.3, 0.4) is 0 Å². The fourth-order valence-electron chi connectivity index (χ4n) is 3.39. The highest BCUT2D eigenvalue weighted by atomic mass is 16.6. The third-order valence-electron chi connectivity index (χ3n) is 4.88. The van der Waals surface area contributed by atoms with Gasteiger partial charge in [-0.3, -0.25) is 14.9 Å². The molecule has 152 valence electrons. The van der Waals surface area contributed by atoms with Gasteiger partial charge in [0.05, 0.1) is 24.2 Å². The summed E-state index contributed by atoms with van der Waals surface area (Å²) in [5.74, 6) is 0.712. The molecule has 0 saturated carbocycles. The van der Waals surface area contributed by atoms with Gasteiger partial charge in [-0.15, -0.1) is 0 Å². The molecule has 29 heavy (non-hydrogen) atoms. The Hall–Kier alpha value is -3.19. The van der Waals surface area contributed by atoms with E-state index >= 15 is 0 Å². The van der Waals surface area contributed by atoms with Crippen LogP contribution in [0.15, 0.2) is 50.7 Å². The van der Waals surface area contributed by atoms with Crippen LogP contribution in [0.1, 0.15) is 41.9 Å². The summed E-state index contributed by atoms with van der Waals surface area (Å²) in [5, 5.41) is 10.7. The Balaban J connectivity index is 1.78. The molecule has 7 nitrogen and oxygen atoms in total. The Morgan fingerprint density at radius 3 is 2.55 bits per heavy atom. The molecule has 0 aliphatic carbocycles. The van der Waals surface area contributed by atoms with Gasteiger partial charge in [0, 0.05) is 24.1 Å². The van der Waals surface area contributed by atoms with Crippen molar-refractivity contribution in [2.24, 2.45) is 0 Å². The van der Waals surface area contributed by atoms with E-state index in [1.807, 2.05) is 19.1 Å². The Morgan fingerprint density at radius 2 is 1.93 bits per heavy atom. The highest BCUT2D eigenvalue weighted by molar-refractivity contribution is 5.57. The first kappa shape index (κ1) is 20.5. The van der Waals surface area contributed by atoms with Crippen molar-refractivity contribution in [3.05, 3.63) is 84.3 Å². The number of nitrogens with zero attached hydrogens (tertiary/aromatic N) is 1. The van der Waals surface area contributed by atoms with Gasteiger partial charge in [0.1, 0.15) is 11.9 Å². The fourth-order valence-corrected chi connectivity index (χ4v) is 3.39. The van der Waals surface area contributed by atoms with E-state index in [1.165, 1.54) is 19.2 Å². The molecular formula is C22H23NO6. The third kappa shape index (κ3) is 4.46. The lowest BCUT2D eigenvalue weighted by molar-refractivity contribution is -0.384. The SMILES string of the molecule is COc1oc([C@H]2C/C(=C/C(C)=C\c3ccc([N+](=O)[O-])cc3)CO2)c(C)c(=O)c1C. The van der Waals surface area contributed by atoms with Crippen LogP contribution in [-0.4, -0.2) is 18.6 Å². The van der Waals surface area contributed by atoms with Crippen molar-refractivity contribution in [3.63, 3.8) is 0 Å². The Labute approximate surface area is 168 Å². The molecule has 0 radical (unpaired) electrons. The van der Waals surface area contributed by atoms with E-state index in [4.69, 9.17) is 13.9 Å². The first-order chi connectivity index (χ1) is 13.8. The van der Waals surface area contributed by atoms with Gasteiger partial charge in [-0.25, -0.2) is 0 Å². The first-order valence-electron chi connectivity index (χ1n) is 9.22. The minimum atomic E-state index is -0.418. The summed E-state index contributed by atoms with van der Waals surface area (Å²) < 4.78 is 16.8. The lowest BCUT2D eigenvalue weighted by atomic mass is 10.0. The average molecular weight is 397 g/mol. The van der Waals surface area contributed by atoms with Crippen molar-refractivity contribution in [2.45, 2.75) is 33.3 Å². The molecule has 0 amide bonds. The van der Waals surface area contributed by atoms with E-state index in [1.54, 1.807) is 26.0 Å². The highest BCUT2D eigenvalue weighted by Crippen LogP contribution is 2.35. The van der Waals surface area contributed by atoms with Crippen LogP contribution >= 0.6 is 0 Å². The van der Waals surface area contributed by atoms with Crippen LogP contribution in [0.2, 0.25) is 0 Å². The van der Waals surface area contributed by atoms with Gasteiger partial charge in [-0.05, 0) is 44.0 Å². The molecule has 1 atom stereocenters. The maximum atomic E-state index is 12.4. The number of allylic oxidation sites excluding steroid dienone is 2. The molecule has 0 N–H and O–H groups in total. The van der Waals surface area contributed by atoms with Crippen LogP contribution in [0.4, 0.5) is 5.69 Å². The molecule has 1 aliphatic rings. The van der Waals surface area contributed by atoms with Crippen molar-refractivity contribution < 1.29 is 18.8 Å². The minimum Gasteiger partial charge on any atom is -0.468 e. The van der Waals surface area contributed by atoms with Crippen LogP contribution < -0.4 is 10.2 Å². The number of nitro groups is 1. The molecule has 1 fully saturated rings. The van der Waals surface area contributed by atoms with Crippen molar-refractivity contribution in [2.75, 3.05) is 13.7 Å². The molecule has 1 aromatic carbocycles. The summed E-state index contributed by atoms with van der Waals surface area (Å²) in [6, 6.07) is 6.39. The Kier molecular flexibility index (Phi) is 5.98. The van der Waals surface area contributed by atoms with Crippen LogP contribution in [-0.2, 0) is 4.74 Å². The van der Waals surface area contributed by atoms with E-state index < -0.39 is 4.92 Å². The minimum absolute atomic E-state index is 0.0654. The maximum Gasteiger partial charge on any atom is 0.291 e. The summed E-state index contributed by atoms with van der Waals surface area (Å²) in [4.78, 5) is 22.7. The molecular weight excluding hydrogens is 374 g/mol. The van der Waals surface area contributed by atoms with E-state index in [2.05, 4.69) is 0 Å². The zero-order chi connectivity index (χ0) is 21.1. The molecule has 0 unspecified atom stereocenters. The Morgan fingerprint density at radius 1 is 1.24 bits per heavy atom. The van der Waals surface area contributed by atoms with Gasteiger partial charge < -0.3 is 13.9 Å². The monoisotopic (exact) mass is 397 g/mol. The Bertz CT molecular complexity index is 1050. The largest absolute Gasteiger partial charge is 0.468 e. The van der Waals surface area contributed by atoms with Crippen LogP contribution in [0.5, 0.6) is 5.95 Å². The average Bonchev–Trinajstić information content (AvgIpc) is 3.14. The molecule has 1 saturated heterocycles. The summed E-state index contributed by atoms with van der Waals surface area (Å²) in [7, 11) is 1.47. The predicted molar refractivity (Wildman–Crippen MR) is 109 cm³/mol. The summed E-state index contributed by atoms with van der Waals surface area (Å²) in [5.41, 5.74) is 3.90. The van der Waals surface area contributed by atoms with Gasteiger partial charge >= 0.3 is 0 Å². The van der Waals surface area contributed by atoms with E-state index in [9.17, 15) is 14.9 Å². The highest BCUT2D eigenvalue weighted by Gasteiger charge is 2.28. The zero-order valence-electron chi connectivity index (χ0n) is 16.9. The van der Waals surface area contributed by atoms with E-state index in [0.717, 1.165) is 16.7 Å². The van der Waals surface area contributed by atoms with Gasteiger partial charge in [0.15, 0.2) is 5.43 Å². The number of rotatable bonds is 5. The second kappa shape index (κ2) is 8.45. The zero-order valence-corrected chi connectivity index (χ0v) is 16.9. The molecule has 3 rings (SSSR count). The first-order valence-corrected chi connectivity index (χ1v) is 9.22. The normalized spacial score (nSPS) is 18.3. The summed E-state index contributed by atoms with van der Waals surface area (Å²) >= 11 is 0. The van der Waals surface area contributed by atoms with E-state index in [-0.39, 0.29) is 23.2 Å². The number of hydrogen-bond acceptors (Lipinski definition) is 6. The smallest absolute Gasteiger partial charge is 0.291 e. The topological polar surface area (TPSA) is 91.8 Å². The van der Waals surface area contributed by atoms with Crippen molar-refractivity contribution in [1.82, 2.24) is 0 Å². The number of ether oxygens (including phenoxy) is 2. The van der Waals surface area contributed by atoms with Gasteiger partial charge in [-0.1, -0.05) is 17.7 Å². The van der Waals surface area contributed by atoms with Gasteiger partial charge in [0.2, 0.25) is 0 Å². The van der Waals surface area contributed by atoms with Crippen molar-refractivity contribution in [1.29, 1.82) is 0 Å². The molecule has 7 heteroatoms. The molecule has 1 aliphatic heterocycles. The molecule has 2 heterocycles. The predicted octanol–water partition coefficient (Wildman–Crippen LogP) is 4.66. The third-order valence-corrected chi connectivity index (χ3v) is 4.88. The summed E-state index contributed by atoms with van der Waals surface area (Å²) in [6.45, 7) is 5.81. The standard InChI is InChI=1S/C22H23NO6/c1-13(9-16-5-7-18(8-6-16)23(25)26)10-17-11-19(28-12-17)21-14(2)20(24)15(3)22(27-4)29-21/h5-10,19H,11-12H2,1-4H3/b13-9-,17-10-/t19-/m1/s1. The molecule has 2 aromatic rings. The van der Waals surface area contributed by atoms with E-state index in [0.29, 0.717) is 29.9 Å². The van der Waals surface area contributed by atoms with Crippen LogP contribution in [0.25, 0.3) is 6.08 Å².